The van der Waals surface area contributed by atoms with Crippen LogP contribution >= 0.6 is 11.6 Å². The second-order valence-electron chi connectivity index (χ2n) is 9.39. The molecule has 3 atom stereocenters. The lowest BCUT2D eigenvalue weighted by atomic mass is 9.96. The van der Waals surface area contributed by atoms with E-state index < -0.39 is 35.6 Å². The standard InChI is InChI=1S/C28H35ClF3NO4/c1-3-27(23-14-19(30)15-25(31)22(23)8-10-28(35)36-4-2)37-17-21(34)16-33-11-5-6-20(33)12-18-7-9-24(29)26(32)13-18/h7,9,13-15,20-21,27,34H,3-6,8,10-12,16-17H2,1-2H3/t20-,21+,27+/m0/s1. The fourth-order valence-electron chi connectivity index (χ4n) is 4.92. The lowest BCUT2D eigenvalue weighted by Gasteiger charge is -2.28. The molecule has 0 radical (unpaired) electrons. The molecular formula is C28H35ClF3NO4. The van der Waals surface area contributed by atoms with Crippen LogP contribution in [0.2, 0.25) is 5.02 Å². The molecule has 2 aromatic rings. The third-order valence-electron chi connectivity index (χ3n) is 6.69. The van der Waals surface area contributed by atoms with E-state index in [-0.39, 0.29) is 42.7 Å². The van der Waals surface area contributed by atoms with Gasteiger partial charge in [-0.25, -0.2) is 13.2 Å². The number of carbonyl (C=O) groups is 1. The second-order valence-corrected chi connectivity index (χ2v) is 9.80. The summed E-state index contributed by atoms with van der Waals surface area (Å²) in [5.41, 5.74) is 1.39. The topological polar surface area (TPSA) is 59.0 Å². The number of nitrogens with zero attached hydrogens (tertiary/aromatic N) is 1. The number of rotatable bonds is 13. The Balaban J connectivity index is 1.61. The molecular weight excluding hydrogens is 507 g/mol. The zero-order valence-electron chi connectivity index (χ0n) is 21.3. The first-order chi connectivity index (χ1) is 17.7. The first-order valence-electron chi connectivity index (χ1n) is 12.8. The lowest BCUT2D eigenvalue weighted by Crippen LogP contribution is -2.39. The molecule has 1 N–H and O–H groups in total. The van der Waals surface area contributed by atoms with Gasteiger partial charge in [-0.05, 0) is 80.5 Å². The third-order valence-corrected chi connectivity index (χ3v) is 6.99. The Hall–Kier alpha value is -2.13. The van der Waals surface area contributed by atoms with E-state index in [1.54, 1.807) is 13.0 Å². The number of halogens is 4. The number of esters is 1. The van der Waals surface area contributed by atoms with Crippen molar-refractivity contribution >= 4 is 17.6 Å². The minimum absolute atomic E-state index is 0.0211. The van der Waals surface area contributed by atoms with Crippen LogP contribution in [0.1, 0.15) is 62.3 Å². The number of likely N-dealkylation sites (tertiary alicyclic amines) is 1. The van der Waals surface area contributed by atoms with E-state index in [2.05, 4.69) is 4.90 Å². The molecule has 2 aromatic carbocycles. The third kappa shape index (κ3) is 8.43. The molecule has 0 aliphatic carbocycles. The van der Waals surface area contributed by atoms with Crippen molar-refractivity contribution in [3.8, 4) is 0 Å². The highest BCUT2D eigenvalue weighted by molar-refractivity contribution is 6.30. The molecule has 37 heavy (non-hydrogen) atoms. The van der Waals surface area contributed by atoms with Gasteiger partial charge in [0.05, 0.1) is 30.4 Å². The normalized spacial score (nSPS) is 17.6. The number of β-amino-alcohol motifs (C(OH)–C–C–N with tert-alkyl or cyclic N) is 1. The van der Waals surface area contributed by atoms with E-state index in [9.17, 15) is 23.1 Å². The van der Waals surface area contributed by atoms with Crippen molar-refractivity contribution in [3.63, 3.8) is 0 Å². The summed E-state index contributed by atoms with van der Waals surface area (Å²) in [6, 6.07) is 6.99. The molecule has 3 rings (SSSR count). The van der Waals surface area contributed by atoms with Crippen LogP contribution in [0.5, 0.6) is 0 Å². The van der Waals surface area contributed by atoms with Gasteiger partial charge in [0.15, 0.2) is 0 Å². The largest absolute Gasteiger partial charge is 0.466 e. The van der Waals surface area contributed by atoms with E-state index in [0.717, 1.165) is 31.0 Å². The number of hydrogen-bond donors (Lipinski definition) is 1. The quantitative estimate of drug-likeness (QED) is 0.325. The van der Waals surface area contributed by atoms with Crippen LogP contribution in [-0.4, -0.2) is 54.4 Å². The van der Waals surface area contributed by atoms with E-state index in [4.69, 9.17) is 21.1 Å². The molecule has 0 bridgehead atoms. The minimum Gasteiger partial charge on any atom is -0.466 e. The van der Waals surface area contributed by atoms with Crippen LogP contribution in [0.15, 0.2) is 30.3 Å². The number of aliphatic hydroxyl groups excluding tert-OH is 1. The van der Waals surface area contributed by atoms with Gasteiger partial charge in [-0.1, -0.05) is 24.6 Å². The fraction of sp³-hybridized carbons (Fsp3) is 0.536. The highest BCUT2D eigenvalue weighted by Crippen LogP contribution is 2.29. The molecule has 0 aromatic heterocycles. The molecule has 0 saturated carbocycles. The van der Waals surface area contributed by atoms with Gasteiger partial charge in [-0.2, -0.15) is 0 Å². The van der Waals surface area contributed by atoms with Crippen molar-refractivity contribution in [2.24, 2.45) is 0 Å². The average Bonchev–Trinajstić information content (AvgIpc) is 3.27. The summed E-state index contributed by atoms with van der Waals surface area (Å²) in [7, 11) is 0. The molecule has 0 amide bonds. The number of benzene rings is 2. The molecule has 9 heteroatoms. The molecule has 1 fully saturated rings. The number of carbonyl (C=O) groups excluding carboxylic acids is 1. The van der Waals surface area contributed by atoms with Crippen LogP contribution in [0.3, 0.4) is 0 Å². The Morgan fingerprint density at radius 1 is 1.19 bits per heavy atom. The van der Waals surface area contributed by atoms with Gasteiger partial charge in [0.2, 0.25) is 0 Å². The Labute approximate surface area is 221 Å². The average molecular weight is 542 g/mol. The van der Waals surface area contributed by atoms with E-state index in [1.165, 1.54) is 12.1 Å². The van der Waals surface area contributed by atoms with Crippen molar-refractivity contribution < 1.29 is 32.5 Å². The highest BCUT2D eigenvalue weighted by atomic mass is 35.5. The van der Waals surface area contributed by atoms with Crippen molar-refractivity contribution in [3.05, 3.63) is 69.5 Å². The maximum atomic E-state index is 14.6. The number of ether oxygens (including phenoxy) is 2. The van der Waals surface area contributed by atoms with Crippen molar-refractivity contribution in [1.82, 2.24) is 4.90 Å². The summed E-state index contributed by atoms with van der Waals surface area (Å²) < 4.78 is 53.4. The number of aliphatic hydroxyl groups is 1. The molecule has 1 aliphatic heterocycles. The van der Waals surface area contributed by atoms with Gasteiger partial charge in [0, 0.05) is 25.1 Å². The van der Waals surface area contributed by atoms with Gasteiger partial charge in [-0.3, -0.25) is 9.69 Å². The summed E-state index contributed by atoms with van der Waals surface area (Å²) in [5.74, 6) is -2.37. The Morgan fingerprint density at radius 3 is 2.68 bits per heavy atom. The van der Waals surface area contributed by atoms with Crippen LogP contribution in [0.25, 0.3) is 0 Å². The molecule has 0 spiro atoms. The molecule has 1 heterocycles. The summed E-state index contributed by atoms with van der Waals surface area (Å²) in [5, 5.41) is 10.8. The molecule has 0 unspecified atom stereocenters. The Kier molecular flexibility index (Phi) is 11.2. The maximum absolute atomic E-state index is 14.6. The van der Waals surface area contributed by atoms with Crippen molar-refractivity contribution in [2.45, 2.75) is 70.6 Å². The fourth-order valence-corrected chi connectivity index (χ4v) is 5.04. The predicted octanol–water partition coefficient (Wildman–Crippen LogP) is 5.79. The van der Waals surface area contributed by atoms with Gasteiger partial charge >= 0.3 is 5.97 Å². The number of hydrogen-bond acceptors (Lipinski definition) is 5. The molecule has 204 valence electrons. The zero-order chi connectivity index (χ0) is 26.9. The van der Waals surface area contributed by atoms with Crippen LogP contribution in [0, 0.1) is 17.5 Å². The van der Waals surface area contributed by atoms with E-state index in [1.807, 2.05) is 13.0 Å². The van der Waals surface area contributed by atoms with Crippen molar-refractivity contribution in [1.29, 1.82) is 0 Å². The van der Waals surface area contributed by atoms with Gasteiger partial charge in [0.1, 0.15) is 17.5 Å². The van der Waals surface area contributed by atoms with E-state index in [0.29, 0.717) is 24.9 Å². The minimum atomic E-state index is -0.821. The van der Waals surface area contributed by atoms with E-state index >= 15 is 0 Å². The first kappa shape index (κ1) is 29.4. The lowest BCUT2D eigenvalue weighted by molar-refractivity contribution is -0.143. The molecule has 5 nitrogen and oxygen atoms in total. The van der Waals surface area contributed by atoms with Gasteiger partial charge in [-0.15, -0.1) is 0 Å². The van der Waals surface area contributed by atoms with Crippen LogP contribution < -0.4 is 0 Å². The summed E-state index contributed by atoms with van der Waals surface area (Å²) in [6.45, 7) is 4.90. The second kappa shape index (κ2) is 14.1. The molecule has 1 saturated heterocycles. The SMILES string of the molecule is CCOC(=O)CCc1c(F)cc(F)cc1[C@@H](CC)OC[C@H](O)CN1CCC[C@H]1Cc1ccc(Cl)c(F)c1. The zero-order valence-corrected chi connectivity index (χ0v) is 22.1. The predicted molar refractivity (Wildman–Crippen MR) is 136 cm³/mol. The highest BCUT2D eigenvalue weighted by Gasteiger charge is 2.28. The Morgan fingerprint density at radius 2 is 1.97 bits per heavy atom. The van der Waals surface area contributed by atoms with Gasteiger partial charge in [0.25, 0.3) is 0 Å². The smallest absolute Gasteiger partial charge is 0.306 e. The Bertz CT molecular complexity index is 1050. The summed E-state index contributed by atoms with van der Waals surface area (Å²) in [4.78, 5) is 13.9. The van der Waals surface area contributed by atoms with Crippen molar-refractivity contribution in [2.75, 3.05) is 26.3 Å². The molecule has 1 aliphatic rings. The first-order valence-corrected chi connectivity index (χ1v) is 13.2. The monoisotopic (exact) mass is 541 g/mol. The van der Waals surface area contributed by atoms with Gasteiger partial charge < -0.3 is 14.6 Å². The van der Waals surface area contributed by atoms with Crippen LogP contribution in [-0.2, 0) is 27.1 Å². The van der Waals surface area contributed by atoms with Crippen LogP contribution in [0.4, 0.5) is 13.2 Å². The summed E-state index contributed by atoms with van der Waals surface area (Å²) >= 11 is 5.79. The summed E-state index contributed by atoms with van der Waals surface area (Å²) in [6.07, 6.45) is 1.53. The maximum Gasteiger partial charge on any atom is 0.306 e.